The van der Waals surface area contributed by atoms with Crippen molar-refractivity contribution in [1.82, 2.24) is 29.4 Å². The fourth-order valence-corrected chi connectivity index (χ4v) is 2.86. The number of nitrogen functional groups attached to an aromatic ring is 1. The van der Waals surface area contributed by atoms with Crippen molar-refractivity contribution < 1.29 is 14.3 Å². The summed E-state index contributed by atoms with van der Waals surface area (Å²) in [5.74, 6) is 0.213. The number of aromatic nitrogens is 6. The van der Waals surface area contributed by atoms with Crippen molar-refractivity contribution in [3.05, 3.63) is 24.6 Å². The van der Waals surface area contributed by atoms with Gasteiger partial charge in [-0.15, -0.1) is 5.10 Å². The molecular weight excluding hydrogens is 338 g/mol. The number of carbonyl (C=O) groups is 1. The first-order valence-electron chi connectivity index (χ1n) is 8.12. The molecule has 3 N–H and O–H groups in total. The van der Waals surface area contributed by atoms with E-state index in [2.05, 4.69) is 20.2 Å². The SMILES string of the molecule is CC(C)CC(C(=O)O)n1cc2c(nc(N)n3nc(-c4ccco4)nc23)n1. The molecule has 1 unspecified atom stereocenters. The number of furan rings is 1. The number of carboxylic acid groups (broad SMARTS) is 1. The van der Waals surface area contributed by atoms with Crippen LogP contribution in [0.3, 0.4) is 0 Å². The minimum Gasteiger partial charge on any atom is -0.480 e. The van der Waals surface area contributed by atoms with E-state index in [0.29, 0.717) is 34.7 Å². The first-order chi connectivity index (χ1) is 12.4. The number of nitrogens with two attached hydrogens (primary N) is 1. The molecule has 0 spiro atoms. The normalized spacial score (nSPS) is 13.0. The number of rotatable bonds is 5. The third kappa shape index (κ3) is 2.55. The Morgan fingerprint density at radius 2 is 2.15 bits per heavy atom. The minimum absolute atomic E-state index is 0.110. The molecule has 0 saturated heterocycles. The van der Waals surface area contributed by atoms with Crippen molar-refractivity contribution in [2.45, 2.75) is 26.3 Å². The highest BCUT2D eigenvalue weighted by atomic mass is 16.4. The fraction of sp³-hybridized carbons (Fsp3) is 0.312. The average molecular weight is 355 g/mol. The highest BCUT2D eigenvalue weighted by Gasteiger charge is 2.24. The van der Waals surface area contributed by atoms with E-state index in [9.17, 15) is 9.90 Å². The summed E-state index contributed by atoms with van der Waals surface area (Å²) in [7, 11) is 0. The molecule has 10 nitrogen and oxygen atoms in total. The second-order valence-electron chi connectivity index (χ2n) is 6.45. The zero-order valence-electron chi connectivity index (χ0n) is 14.2. The maximum absolute atomic E-state index is 11.7. The number of hydrogen-bond donors (Lipinski definition) is 2. The van der Waals surface area contributed by atoms with E-state index in [1.807, 2.05) is 13.8 Å². The predicted molar refractivity (Wildman–Crippen MR) is 92.3 cm³/mol. The topological polar surface area (TPSA) is 137 Å². The number of hydrogen-bond acceptors (Lipinski definition) is 7. The van der Waals surface area contributed by atoms with Crippen molar-refractivity contribution in [2.75, 3.05) is 5.73 Å². The van der Waals surface area contributed by atoms with Gasteiger partial charge in [0.1, 0.15) is 6.04 Å². The largest absolute Gasteiger partial charge is 0.480 e. The molecule has 0 radical (unpaired) electrons. The Morgan fingerprint density at radius 3 is 2.81 bits per heavy atom. The Hall–Kier alpha value is -3.43. The number of fused-ring (bicyclic) bond motifs is 3. The molecule has 4 rings (SSSR count). The van der Waals surface area contributed by atoms with Gasteiger partial charge in [-0.2, -0.15) is 14.6 Å². The van der Waals surface area contributed by atoms with E-state index < -0.39 is 12.0 Å². The summed E-state index contributed by atoms with van der Waals surface area (Å²) in [5.41, 5.74) is 6.73. The molecule has 4 aromatic heterocycles. The Kier molecular flexibility index (Phi) is 3.60. The van der Waals surface area contributed by atoms with Crippen molar-refractivity contribution in [3.63, 3.8) is 0 Å². The van der Waals surface area contributed by atoms with E-state index in [1.165, 1.54) is 15.5 Å². The van der Waals surface area contributed by atoms with Crippen LogP contribution in [0.25, 0.3) is 28.3 Å². The summed E-state index contributed by atoms with van der Waals surface area (Å²) in [6.45, 7) is 3.92. The number of carboxylic acids is 1. The predicted octanol–water partition coefficient (Wildman–Crippen LogP) is 1.99. The van der Waals surface area contributed by atoms with Gasteiger partial charge in [0.05, 0.1) is 11.6 Å². The lowest BCUT2D eigenvalue weighted by molar-refractivity contribution is -0.141. The molecule has 0 bridgehead atoms. The number of anilines is 1. The standard InChI is InChI=1S/C16H17N7O3/c1-8(2)6-10(15(24)25)22-7-9-12(20-22)19-16(17)23-14(9)18-13(21-23)11-4-3-5-26-11/h3-5,7-8,10H,6H2,1-2H3,(H,24,25)(H2,17,19,20). The molecule has 4 aromatic rings. The lowest BCUT2D eigenvalue weighted by Crippen LogP contribution is -2.21. The first-order valence-corrected chi connectivity index (χ1v) is 8.12. The van der Waals surface area contributed by atoms with Gasteiger partial charge in [0, 0.05) is 6.20 Å². The van der Waals surface area contributed by atoms with Crippen molar-refractivity contribution in [2.24, 2.45) is 5.92 Å². The highest BCUT2D eigenvalue weighted by Crippen LogP contribution is 2.25. The van der Waals surface area contributed by atoms with Crippen LogP contribution < -0.4 is 5.73 Å². The average Bonchev–Trinajstić information content (AvgIpc) is 3.29. The van der Waals surface area contributed by atoms with Gasteiger partial charge in [0.25, 0.3) is 0 Å². The molecule has 0 aliphatic carbocycles. The molecule has 0 fully saturated rings. The van der Waals surface area contributed by atoms with E-state index >= 15 is 0 Å². The van der Waals surface area contributed by atoms with Gasteiger partial charge >= 0.3 is 5.97 Å². The van der Waals surface area contributed by atoms with Crippen LogP contribution in [0.2, 0.25) is 0 Å². The zero-order chi connectivity index (χ0) is 18.4. The highest BCUT2D eigenvalue weighted by molar-refractivity contribution is 5.90. The molecule has 10 heteroatoms. The van der Waals surface area contributed by atoms with Gasteiger partial charge in [-0.25, -0.2) is 9.78 Å². The Balaban J connectivity index is 1.90. The van der Waals surface area contributed by atoms with Crippen molar-refractivity contribution >= 4 is 28.6 Å². The van der Waals surface area contributed by atoms with Gasteiger partial charge in [0.15, 0.2) is 17.1 Å². The summed E-state index contributed by atoms with van der Waals surface area (Å²) >= 11 is 0. The monoisotopic (exact) mass is 355 g/mol. The van der Waals surface area contributed by atoms with Crippen LogP contribution in [-0.4, -0.2) is 40.4 Å². The Labute approximate surface area is 147 Å². The summed E-state index contributed by atoms with van der Waals surface area (Å²) in [6.07, 6.45) is 3.60. The second-order valence-corrected chi connectivity index (χ2v) is 6.45. The summed E-state index contributed by atoms with van der Waals surface area (Å²) < 4.78 is 8.12. The molecule has 0 amide bonds. The third-order valence-electron chi connectivity index (χ3n) is 4.04. The van der Waals surface area contributed by atoms with Crippen molar-refractivity contribution in [3.8, 4) is 11.6 Å². The molecule has 0 saturated carbocycles. The fourth-order valence-electron chi connectivity index (χ4n) is 2.86. The van der Waals surface area contributed by atoms with Crippen LogP contribution >= 0.6 is 0 Å². The maximum Gasteiger partial charge on any atom is 0.328 e. The molecule has 0 aliphatic rings. The van der Waals surface area contributed by atoms with Crippen LogP contribution in [-0.2, 0) is 4.79 Å². The molecule has 4 heterocycles. The van der Waals surface area contributed by atoms with Crippen LogP contribution in [0.4, 0.5) is 5.95 Å². The van der Waals surface area contributed by atoms with E-state index in [0.717, 1.165) is 0 Å². The van der Waals surface area contributed by atoms with E-state index in [1.54, 1.807) is 18.3 Å². The van der Waals surface area contributed by atoms with E-state index in [4.69, 9.17) is 10.2 Å². The lowest BCUT2D eigenvalue weighted by Gasteiger charge is -2.14. The van der Waals surface area contributed by atoms with Gasteiger partial charge < -0.3 is 15.3 Å². The smallest absolute Gasteiger partial charge is 0.328 e. The summed E-state index contributed by atoms with van der Waals surface area (Å²) in [4.78, 5) is 20.3. The lowest BCUT2D eigenvalue weighted by atomic mass is 10.0. The van der Waals surface area contributed by atoms with Crippen LogP contribution in [0.1, 0.15) is 26.3 Å². The minimum atomic E-state index is -0.951. The molecule has 0 aromatic carbocycles. The van der Waals surface area contributed by atoms with Gasteiger partial charge in [-0.1, -0.05) is 13.8 Å². The molecule has 134 valence electrons. The van der Waals surface area contributed by atoms with Gasteiger partial charge in [-0.05, 0) is 24.5 Å². The molecule has 0 aliphatic heterocycles. The Morgan fingerprint density at radius 1 is 1.35 bits per heavy atom. The second kappa shape index (κ2) is 5.83. The third-order valence-corrected chi connectivity index (χ3v) is 4.04. The summed E-state index contributed by atoms with van der Waals surface area (Å²) in [5, 5.41) is 18.7. The first kappa shape index (κ1) is 16.1. The molecular formula is C16H17N7O3. The summed E-state index contributed by atoms with van der Waals surface area (Å²) in [6, 6.07) is 2.68. The van der Waals surface area contributed by atoms with Crippen LogP contribution in [0.5, 0.6) is 0 Å². The van der Waals surface area contributed by atoms with E-state index in [-0.39, 0.29) is 11.9 Å². The van der Waals surface area contributed by atoms with Crippen LogP contribution in [0.15, 0.2) is 29.0 Å². The number of aliphatic carboxylic acids is 1. The maximum atomic E-state index is 11.7. The van der Waals surface area contributed by atoms with Gasteiger partial charge in [-0.3, -0.25) is 4.68 Å². The molecule has 26 heavy (non-hydrogen) atoms. The van der Waals surface area contributed by atoms with Gasteiger partial charge in [0.2, 0.25) is 11.8 Å². The van der Waals surface area contributed by atoms with Crippen molar-refractivity contribution in [1.29, 1.82) is 0 Å². The molecule has 1 atom stereocenters. The zero-order valence-corrected chi connectivity index (χ0v) is 14.2. The Bertz CT molecular complexity index is 1090. The van der Waals surface area contributed by atoms with Crippen LogP contribution in [0, 0.1) is 5.92 Å². The quantitative estimate of drug-likeness (QED) is 0.554. The number of nitrogens with zero attached hydrogens (tertiary/aromatic N) is 6.